The van der Waals surface area contributed by atoms with Crippen LogP contribution in [0.3, 0.4) is 0 Å². The normalized spacial score (nSPS) is 23.2. The molecule has 2 atom stereocenters. The van der Waals surface area contributed by atoms with Gasteiger partial charge in [-0.3, -0.25) is 9.59 Å². The average Bonchev–Trinajstić information content (AvgIpc) is 3.29. The van der Waals surface area contributed by atoms with Gasteiger partial charge >= 0.3 is 0 Å². The Morgan fingerprint density at radius 3 is 2.84 bits per heavy atom. The maximum atomic E-state index is 12.8. The van der Waals surface area contributed by atoms with E-state index in [9.17, 15) is 9.59 Å². The number of hydrogen-bond donors (Lipinski definition) is 0. The molecule has 4 rings (SSSR count). The third-order valence-electron chi connectivity index (χ3n) is 5.10. The van der Waals surface area contributed by atoms with Crippen molar-refractivity contribution in [2.45, 2.75) is 51.7 Å². The van der Waals surface area contributed by atoms with Crippen molar-refractivity contribution in [3.63, 3.8) is 0 Å². The molecule has 2 aliphatic rings. The molecule has 2 saturated heterocycles. The van der Waals surface area contributed by atoms with Crippen molar-refractivity contribution in [2.75, 3.05) is 6.54 Å². The van der Waals surface area contributed by atoms with E-state index in [0.29, 0.717) is 25.3 Å². The molecule has 0 bridgehead atoms. The summed E-state index contributed by atoms with van der Waals surface area (Å²) in [6, 6.07) is 3.68. The Morgan fingerprint density at radius 2 is 2.16 bits per heavy atom. The number of piperidine rings is 1. The van der Waals surface area contributed by atoms with Crippen LogP contribution in [0.15, 0.2) is 21.9 Å². The van der Waals surface area contributed by atoms with Gasteiger partial charge in [-0.2, -0.15) is 0 Å². The SMILES string of the molecule is Cc1ccc(C(=O)N2CC[C@@H]3[C@H]2CCC(=O)N3Cc2csc(C)n2)o1. The fraction of sp³-hybridized carbons (Fsp3) is 0.500. The van der Waals surface area contributed by atoms with Crippen molar-refractivity contribution in [1.82, 2.24) is 14.8 Å². The van der Waals surface area contributed by atoms with Crippen LogP contribution in [0.2, 0.25) is 0 Å². The minimum absolute atomic E-state index is 0.0651. The number of nitrogens with zero attached hydrogens (tertiary/aromatic N) is 3. The van der Waals surface area contributed by atoms with E-state index in [0.717, 1.165) is 29.3 Å². The molecular weight excluding hydrogens is 338 g/mol. The number of carbonyl (C=O) groups is 2. The fourth-order valence-corrected chi connectivity index (χ4v) is 4.56. The number of likely N-dealkylation sites (tertiary alicyclic amines) is 2. The summed E-state index contributed by atoms with van der Waals surface area (Å²) in [6.45, 7) is 5.00. The molecule has 0 spiro atoms. The van der Waals surface area contributed by atoms with Crippen molar-refractivity contribution in [3.8, 4) is 0 Å². The van der Waals surface area contributed by atoms with Crippen molar-refractivity contribution >= 4 is 23.2 Å². The average molecular weight is 359 g/mol. The predicted molar refractivity (Wildman–Crippen MR) is 93.3 cm³/mol. The Morgan fingerprint density at radius 1 is 1.32 bits per heavy atom. The van der Waals surface area contributed by atoms with Crippen molar-refractivity contribution in [3.05, 3.63) is 39.7 Å². The summed E-state index contributed by atoms with van der Waals surface area (Å²) >= 11 is 1.60. The summed E-state index contributed by atoms with van der Waals surface area (Å²) in [4.78, 5) is 33.6. The van der Waals surface area contributed by atoms with E-state index < -0.39 is 0 Å². The van der Waals surface area contributed by atoms with E-state index in [1.807, 2.05) is 35.1 Å². The minimum Gasteiger partial charge on any atom is -0.456 e. The predicted octanol–water partition coefficient (Wildman–Crippen LogP) is 2.76. The van der Waals surface area contributed by atoms with Crippen LogP contribution in [0.1, 0.15) is 46.3 Å². The van der Waals surface area contributed by atoms with E-state index in [1.54, 1.807) is 17.4 Å². The van der Waals surface area contributed by atoms with Crippen LogP contribution in [0.25, 0.3) is 0 Å². The van der Waals surface area contributed by atoms with Gasteiger partial charge in [0.25, 0.3) is 5.91 Å². The maximum absolute atomic E-state index is 12.8. The second-order valence-corrected chi connectivity index (χ2v) is 7.81. The molecule has 25 heavy (non-hydrogen) atoms. The molecule has 0 saturated carbocycles. The summed E-state index contributed by atoms with van der Waals surface area (Å²) < 4.78 is 5.50. The lowest BCUT2D eigenvalue weighted by atomic mass is 9.96. The van der Waals surface area contributed by atoms with Gasteiger partial charge in [0.15, 0.2) is 5.76 Å². The van der Waals surface area contributed by atoms with Crippen LogP contribution < -0.4 is 0 Å². The second-order valence-electron chi connectivity index (χ2n) is 6.75. The molecular formula is C18H21N3O3S. The van der Waals surface area contributed by atoms with E-state index >= 15 is 0 Å². The van der Waals surface area contributed by atoms with Crippen molar-refractivity contribution < 1.29 is 14.0 Å². The Kier molecular flexibility index (Phi) is 4.11. The molecule has 0 aromatic carbocycles. The third kappa shape index (κ3) is 2.97. The smallest absolute Gasteiger partial charge is 0.289 e. The van der Waals surface area contributed by atoms with Gasteiger partial charge in [-0.25, -0.2) is 4.98 Å². The highest BCUT2D eigenvalue weighted by Gasteiger charge is 2.45. The number of fused-ring (bicyclic) bond motifs is 1. The van der Waals surface area contributed by atoms with Gasteiger partial charge in [0.1, 0.15) is 5.76 Å². The van der Waals surface area contributed by atoms with Crippen LogP contribution in [-0.4, -0.2) is 45.2 Å². The zero-order chi connectivity index (χ0) is 17.6. The molecule has 0 aliphatic carbocycles. The lowest BCUT2D eigenvalue weighted by Crippen LogP contribution is -2.52. The molecule has 2 aromatic rings. The van der Waals surface area contributed by atoms with Gasteiger partial charge in [0.05, 0.1) is 29.3 Å². The summed E-state index contributed by atoms with van der Waals surface area (Å²) in [5.41, 5.74) is 0.933. The standard InChI is InChI=1S/C18H21N3O3S/c1-11-3-5-16(24-11)18(23)20-8-7-15-14(20)4-6-17(22)21(15)9-13-10-25-12(2)19-13/h3,5,10,14-15H,4,6-9H2,1-2H3/t14-,15-/m1/s1. The second kappa shape index (κ2) is 6.29. The zero-order valence-corrected chi connectivity index (χ0v) is 15.2. The quantitative estimate of drug-likeness (QED) is 0.845. The molecule has 0 N–H and O–H groups in total. The molecule has 2 aromatic heterocycles. The number of carbonyl (C=O) groups excluding carboxylic acids is 2. The van der Waals surface area contributed by atoms with Crippen LogP contribution in [-0.2, 0) is 11.3 Å². The summed E-state index contributed by atoms with van der Waals surface area (Å²) in [7, 11) is 0. The summed E-state index contributed by atoms with van der Waals surface area (Å²) in [6.07, 6.45) is 2.01. The highest BCUT2D eigenvalue weighted by molar-refractivity contribution is 7.09. The van der Waals surface area contributed by atoms with E-state index in [4.69, 9.17) is 4.42 Å². The van der Waals surface area contributed by atoms with Crippen LogP contribution >= 0.6 is 11.3 Å². The van der Waals surface area contributed by atoms with E-state index in [1.165, 1.54) is 0 Å². The van der Waals surface area contributed by atoms with Gasteiger partial charge in [0, 0.05) is 18.3 Å². The highest BCUT2D eigenvalue weighted by Crippen LogP contribution is 2.33. The number of amides is 2. The van der Waals surface area contributed by atoms with Gasteiger partial charge < -0.3 is 14.2 Å². The molecule has 2 fully saturated rings. The first-order valence-electron chi connectivity index (χ1n) is 8.61. The molecule has 0 unspecified atom stereocenters. The first-order chi connectivity index (χ1) is 12.0. The zero-order valence-electron chi connectivity index (χ0n) is 14.4. The monoisotopic (exact) mass is 359 g/mol. The topological polar surface area (TPSA) is 66.7 Å². The molecule has 2 aliphatic heterocycles. The first-order valence-corrected chi connectivity index (χ1v) is 9.49. The molecule has 7 heteroatoms. The van der Waals surface area contributed by atoms with Gasteiger partial charge in [-0.1, -0.05) is 0 Å². The lowest BCUT2D eigenvalue weighted by Gasteiger charge is -2.39. The maximum Gasteiger partial charge on any atom is 0.289 e. The molecule has 6 nitrogen and oxygen atoms in total. The van der Waals surface area contributed by atoms with Crippen molar-refractivity contribution in [2.24, 2.45) is 0 Å². The molecule has 4 heterocycles. The number of aromatic nitrogens is 1. The lowest BCUT2D eigenvalue weighted by molar-refractivity contribution is -0.138. The summed E-state index contributed by atoms with van der Waals surface area (Å²) in [5.74, 6) is 1.21. The number of aryl methyl sites for hydroxylation is 2. The van der Waals surface area contributed by atoms with Gasteiger partial charge in [0.2, 0.25) is 5.91 Å². The van der Waals surface area contributed by atoms with Crippen molar-refractivity contribution in [1.29, 1.82) is 0 Å². The number of hydrogen-bond acceptors (Lipinski definition) is 5. The minimum atomic E-state index is -0.0700. The Labute approximate surface area is 150 Å². The molecule has 0 radical (unpaired) electrons. The van der Waals surface area contributed by atoms with Crippen LogP contribution in [0.4, 0.5) is 0 Å². The van der Waals surface area contributed by atoms with Gasteiger partial charge in [-0.05, 0) is 38.8 Å². The number of furan rings is 1. The Hall–Kier alpha value is -2.15. The van der Waals surface area contributed by atoms with E-state index in [2.05, 4.69) is 4.98 Å². The largest absolute Gasteiger partial charge is 0.456 e. The Bertz CT molecular complexity index is 812. The number of rotatable bonds is 3. The number of thiazole rings is 1. The van der Waals surface area contributed by atoms with Gasteiger partial charge in [-0.15, -0.1) is 11.3 Å². The highest BCUT2D eigenvalue weighted by atomic mass is 32.1. The fourth-order valence-electron chi connectivity index (χ4n) is 3.95. The van der Waals surface area contributed by atoms with E-state index in [-0.39, 0.29) is 23.9 Å². The summed E-state index contributed by atoms with van der Waals surface area (Å²) in [5, 5.41) is 3.02. The Balaban J connectivity index is 1.53. The molecule has 132 valence electrons. The first kappa shape index (κ1) is 16.3. The van der Waals surface area contributed by atoms with Crippen LogP contribution in [0, 0.1) is 13.8 Å². The van der Waals surface area contributed by atoms with Crippen LogP contribution in [0.5, 0.6) is 0 Å². The third-order valence-corrected chi connectivity index (χ3v) is 5.92. The molecule has 2 amide bonds.